The van der Waals surface area contributed by atoms with E-state index in [0.717, 1.165) is 5.56 Å². The fraction of sp³-hybridized carbons (Fsp3) is 0.444. The molecule has 0 amide bonds. The van der Waals surface area contributed by atoms with Crippen molar-refractivity contribution in [1.29, 1.82) is 0 Å². The number of nitrogens with two attached hydrogens (primary N) is 1. The van der Waals surface area contributed by atoms with Crippen molar-refractivity contribution >= 4 is 0 Å². The molecule has 3 N–H and O–H groups in total. The zero-order valence-electron chi connectivity index (χ0n) is 7.96. The molecule has 0 bridgehead atoms. The van der Waals surface area contributed by atoms with Crippen LogP contribution in [0.1, 0.15) is 12.0 Å². The van der Waals surface area contributed by atoms with Crippen LogP contribution in [0.2, 0.25) is 0 Å². The van der Waals surface area contributed by atoms with Crippen molar-refractivity contribution in [3.8, 4) is 0 Å². The fourth-order valence-corrected chi connectivity index (χ4v) is 1.27. The van der Waals surface area contributed by atoms with E-state index < -0.39 is 18.6 Å². The van der Waals surface area contributed by atoms with Crippen LogP contribution in [-0.2, 0) is 6.42 Å². The number of alkyl halides is 3. The summed E-state index contributed by atoms with van der Waals surface area (Å²) < 4.78 is 36.3. The van der Waals surface area contributed by atoms with Gasteiger partial charge in [0.05, 0.1) is 6.42 Å². The maximum Gasteiger partial charge on any atom is 0.390 e. The first kappa shape index (κ1) is 11.9. The van der Waals surface area contributed by atoms with Gasteiger partial charge in [0.2, 0.25) is 0 Å². The molecule has 1 atom stereocenters. The Morgan fingerprint density at radius 3 is 2.40 bits per heavy atom. The SMILES string of the molecule is NNC(Cc1ccncc1)CC(F)(F)F. The van der Waals surface area contributed by atoms with Gasteiger partial charge in [-0.1, -0.05) is 0 Å². The molecule has 0 saturated carbocycles. The van der Waals surface area contributed by atoms with Crippen LogP contribution < -0.4 is 11.3 Å². The first-order chi connectivity index (χ1) is 7.01. The standard InChI is InChI=1S/C9H12F3N3/c10-9(11,12)6-8(15-13)5-7-1-3-14-4-2-7/h1-4,8,15H,5-6,13H2. The third-order valence-electron chi connectivity index (χ3n) is 1.95. The van der Waals surface area contributed by atoms with Crippen LogP contribution in [0.15, 0.2) is 24.5 Å². The number of pyridine rings is 1. The number of nitrogens with zero attached hydrogens (tertiary/aromatic N) is 1. The lowest BCUT2D eigenvalue weighted by Crippen LogP contribution is -2.40. The molecule has 0 aliphatic rings. The second kappa shape index (κ2) is 5.09. The van der Waals surface area contributed by atoms with E-state index in [9.17, 15) is 13.2 Å². The van der Waals surface area contributed by atoms with Gasteiger partial charge in [-0.15, -0.1) is 0 Å². The lowest BCUT2D eigenvalue weighted by atomic mass is 10.1. The maximum atomic E-state index is 12.1. The average Bonchev–Trinajstić information content (AvgIpc) is 2.16. The molecule has 1 aromatic heterocycles. The van der Waals surface area contributed by atoms with Crippen molar-refractivity contribution in [2.24, 2.45) is 5.84 Å². The summed E-state index contributed by atoms with van der Waals surface area (Å²) in [6, 6.07) is 2.54. The van der Waals surface area contributed by atoms with Gasteiger partial charge < -0.3 is 0 Å². The maximum absolute atomic E-state index is 12.1. The van der Waals surface area contributed by atoms with E-state index in [4.69, 9.17) is 5.84 Å². The van der Waals surface area contributed by atoms with Crippen molar-refractivity contribution in [1.82, 2.24) is 10.4 Å². The molecule has 0 aromatic carbocycles. The number of rotatable bonds is 4. The van der Waals surface area contributed by atoms with E-state index in [1.54, 1.807) is 12.1 Å². The molecule has 6 heteroatoms. The summed E-state index contributed by atoms with van der Waals surface area (Å²) in [4.78, 5) is 3.78. The molecule has 0 aliphatic carbocycles. The Morgan fingerprint density at radius 2 is 1.93 bits per heavy atom. The van der Waals surface area contributed by atoms with Crippen molar-refractivity contribution < 1.29 is 13.2 Å². The van der Waals surface area contributed by atoms with E-state index in [1.807, 2.05) is 0 Å². The zero-order valence-corrected chi connectivity index (χ0v) is 7.96. The molecule has 1 aromatic rings. The number of hydrogen-bond donors (Lipinski definition) is 2. The van der Waals surface area contributed by atoms with E-state index in [1.165, 1.54) is 12.4 Å². The van der Waals surface area contributed by atoms with Gasteiger partial charge in [0.25, 0.3) is 0 Å². The molecule has 15 heavy (non-hydrogen) atoms. The monoisotopic (exact) mass is 219 g/mol. The predicted octanol–water partition coefficient (Wildman–Crippen LogP) is 1.41. The molecule has 1 unspecified atom stereocenters. The second-order valence-electron chi connectivity index (χ2n) is 3.24. The molecule has 84 valence electrons. The van der Waals surface area contributed by atoms with Gasteiger partial charge in [-0.05, 0) is 24.1 Å². The summed E-state index contributed by atoms with van der Waals surface area (Å²) in [5.74, 6) is 5.06. The van der Waals surface area contributed by atoms with Gasteiger partial charge in [0.1, 0.15) is 0 Å². The highest BCUT2D eigenvalue weighted by Gasteiger charge is 2.31. The normalized spacial score (nSPS) is 13.9. The summed E-state index contributed by atoms with van der Waals surface area (Å²) >= 11 is 0. The summed E-state index contributed by atoms with van der Waals surface area (Å²) in [6.45, 7) is 0. The minimum atomic E-state index is -4.20. The van der Waals surface area contributed by atoms with Crippen LogP contribution in [0.5, 0.6) is 0 Å². The van der Waals surface area contributed by atoms with Crippen LogP contribution in [0.3, 0.4) is 0 Å². The first-order valence-corrected chi connectivity index (χ1v) is 4.43. The predicted molar refractivity (Wildman–Crippen MR) is 49.7 cm³/mol. The van der Waals surface area contributed by atoms with Gasteiger partial charge in [0, 0.05) is 18.4 Å². The Hall–Kier alpha value is -1.14. The Balaban J connectivity index is 2.55. The Bertz CT molecular complexity index is 286. The summed E-state index contributed by atoms with van der Waals surface area (Å²) in [5.41, 5.74) is 2.94. The minimum Gasteiger partial charge on any atom is -0.271 e. The Kier molecular flexibility index (Phi) is 4.05. The molecule has 0 saturated heterocycles. The third kappa shape index (κ3) is 4.75. The van der Waals surface area contributed by atoms with Crippen molar-refractivity contribution in [3.05, 3.63) is 30.1 Å². The van der Waals surface area contributed by atoms with E-state index in [2.05, 4.69) is 10.4 Å². The largest absolute Gasteiger partial charge is 0.390 e. The van der Waals surface area contributed by atoms with Gasteiger partial charge in [0.15, 0.2) is 0 Å². The highest BCUT2D eigenvalue weighted by molar-refractivity contribution is 5.11. The molecule has 0 radical (unpaired) electrons. The zero-order chi connectivity index (χ0) is 11.3. The second-order valence-corrected chi connectivity index (χ2v) is 3.24. The number of nitrogens with one attached hydrogen (secondary N) is 1. The van der Waals surface area contributed by atoms with E-state index in [0.29, 0.717) is 0 Å². The molecular formula is C9H12F3N3. The molecule has 1 rings (SSSR count). The first-order valence-electron chi connectivity index (χ1n) is 4.43. The molecule has 0 aliphatic heterocycles. The summed E-state index contributed by atoms with van der Waals surface area (Å²) in [7, 11) is 0. The van der Waals surface area contributed by atoms with Gasteiger partial charge in [-0.2, -0.15) is 13.2 Å². The third-order valence-corrected chi connectivity index (χ3v) is 1.95. The quantitative estimate of drug-likeness (QED) is 0.594. The topological polar surface area (TPSA) is 50.9 Å². The molecular weight excluding hydrogens is 207 g/mol. The highest BCUT2D eigenvalue weighted by Crippen LogP contribution is 2.22. The lowest BCUT2D eigenvalue weighted by Gasteiger charge is -2.17. The van der Waals surface area contributed by atoms with E-state index in [-0.39, 0.29) is 6.42 Å². The van der Waals surface area contributed by atoms with Crippen LogP contribution >= 0.6 is 0 Å². The number of hydrogen-bond acceptors (Lipinski definition) is 3. The number of aromatic nitrogens is 1. The number of hydrazine groups is 1. The number of halogens is 3. The van der Waals surface area contributed by atoms with Gasteiger partial charge in [-0.25, -0.2) is 0 Å². The van der Waals surface area contributed by atoms with Gasteiger partial charge in [-0.3, -0.25) is 16.3 Å². The van der Waals surface area contributed by atoms with Crippen molar-refractivity contribution in [2.45, 2.75) is 25.1 Å². The van der Waals surface area contributed by atoms with Crippen LogP contribution in [0.4, 0.5) is 13.2 Å². The van der Waals surface area contributed by atoms with Crippen molar-refractivity contribution in [3.63, 3.8) is 0 Å². The molecule has 3 nitrogen and oxygen atoms in total. The smallest absolute Gasteiger partial charge is 0.271 e. The Morgan fingerprint density at radius 1 is 1.33 bits per heavy atom. The highest BCUT2D eigenvalue weighted by atomic mass is 19.4. The van der Waals surface area contributed by atoms with Crippen LogP contribution in [0, 0.1) is 0 Å². The summed E-state index contributed by atoms with van der Waals surface area (Å²) in [6.07, 6.45) is -1.83. The van der Waals surface area contributed by atoms with Crippen LogP contribution in [0.25, 0.3) is 0 Å². The molecule has 1 heterocycles. The average molecular weight is 219 g/mol. The van der Waals surface area contributed by atoms with Crippen LogP contribution in [-0.4, -0.2) is 17.2 Å². The van der Waals surface area contributed by atoms with Crippen molar-refractivity contribution in [2.75, 3.05) is 0 Å². The minimum absolute atomic E-state index is 0.235. The molecule has 0 fully saturated rings. The van der Waals surface area contributed by atoms with Gasteiger partial charge >= 0.3 is 6.18 Å². The fourth-order valence-electron chi connectivity index (χ4n) is 1.27. The van der Waals surface area contributed by atoms with E-state index >= 15 is 0 Å². The lowest BCUT2D eigenvalue weighted by molar-refractivity contribution is -0.140. The summed E-state index contributed by atoms with van der Waals surface area (Å²) in [5, 5.41) is 0. The Labute approximate surface area is 85.5 Å². The molecule has 0 spiro atoms.